The molecule has 0 radical (unpaired) electrons. The summed E-state index contributed by atoms with van der Waals surface area (Å²) < 4.78 is 17.9. The lowest BCUT2D eigenvalue weighted by Crippen LogP contribution is -2.32. The van der Waals surface area contributed by atoms with E-state index in [9.17, 15) is 14.4 Å². The summed E-state index contributed by atoms with van der Waals surface area (Å²) in [5, 5.41) is 4.48. The molecule has 0 atom stereocenters. The summed E-state index contributed by atoms with van der Waals surface area (Å²) in [5.41, 5.74) is 2.38. The molecule has 1 fully saturated rings. The van der Waals surface area contributed by atoms with Crippen LogP contribution < -0.4 is 19.5 Å². The lowest BCUT2D eigenvalue weighted by molar-refractivity contribution is -0.123. The molecule has 1 heterocycles. The van der Waals surface area contributed by atoms with Crippen molar-refractivity contribution in [1.82, 2.24) is 4.90 Å². The van der Waals surface area contributed by atoms with Gasteiger partial charge in [0.05, 0.1) is 22.1 Å². The van der Waals surface area contributed by atoms with E-state index < -0.39 is 0 Å². The first-order chi connectivity index (χ1) is 20.3. The van der Waals surface area contributed by atoms with Crippen molar-refractivity contribution in [3.63, 3.8) is 0 Å². The second-order valence-electron chi connectivity index (χ2n) is 9.40. The average molecular weight is 695 g/mol. The molecule has 1 aliphatic rings. The van der Waals surface area contributed by atoms with Crippen LogP contribution in [0.25, 0.3) is 16.8 Å². The van der Waals surface area contributed by atoms with Crippen LogP contribution in [0.15, 0.2) is 83.8 Å². The number of hydrogen-bond acceptors (Lipinski definition) is 7. The maximum atomic E-state index is 13.1. The van der Waals surface area contributed by atoms with E-state index in [2.05, 4.69) is 27.9 Å². The fourth-order valence-corrected chi connectivity index (χ4v) is 6.08. The fraction of sp³-hybridized carbons (Fsp3) is 0.156. The highest BCUT2D eigenvalue weighted by atomic mass is 127. The normalized spacial score (nSPS) is 14.0. The molecule has 1 N–H and O–H groups in total. The Morgan fingerprint density at radius 3 is 2.57 bits per heavy atom. The third-order valence-corrected chi connectivity index (χ3v) is 8.10. The number of methoxy groups -OCH3 is 1. The number of carbonyl (C=O) groups is 3. The Hall–Kier alpha value is -4.03. The van der Waals surface area contributed by atoms with Gasteiger partial charge in [0.15, 0.2) is 18.1 Å². The standard InChI is InChI=1S/C32H27IN2O6S/c1-20-7-5-10-23(15-20)34-29(36)19-41-30-25(33)16-21(17-27(30)39-2)18-28-31(37)35(32(38)42-28)13-14-40-26-12-6-9-22-8-3-4-11-24(22)26/h3-12,15-18H,13-14,19H2,1-2H3,(H,34,36)/b28-18-. The van der Waals surface area contributed by atoms with Gasteiger partial charge in [-0.25, -0.2) is 0 Å². The maximum Gasteiger partial charge on any atom is 0.293 e. The molecule has 8 nitrogen and oxygen atoms in total. The van der Waals surface area contributed by atoms with E-state index in [1.165, 1.54) is 12.0 Å². The number of benzene rings is 4. The second kappa shape index (κ2) is 13.3. The Labute approximate surface area is 261 Å². The minimum atomic E-state index is -0.381. The largest absolute Gasteiger partial charge is 0.493 e. The van der Waals surface area contributed by atoms with E-state index in [-0.39, 0.29) is 36.8 Å². The summed E-state index contributed by atoms with van der Waals surface area (Å²) in [7, 11) is 1.50. The molecule has 4 aromatic rings. The molecule has 0 bridgehead atoms. The molecular formula is C32H27IN2O6S. The number of nitrogens with one attached hydrogen (secondary N) is 1. The zero-order chi connectivity index (χ0) is 29.6. The molecule has 0 unspecified atom stereocenters. The summed E-state index contributed by atoms with van der Waals surface area (Å²) in [6, 6.07) is 24.7. The third kappa shape index (κ3) is 6.88. The van der Waals surface area contributed by atoms with Crippen LogP contribution >= 0.6 is 34.4 Å². The van der Waals surface area contributed by atoms with Crippen molar-refractivity contribution >= 4 is 73.9 Å². The van der Waals surface area contributed by atoms with Crippen LogP contribution in [0.2, 0.25) is 0 Å². The van der Waals surface area contributed by atoms with Gasteiger partial charge in [0, 0.05) is 11.1 Å². The molecule has 1 aliphatic heterocycles. The SMILES string of the molecule is COc1cc(/C=C2\SC(=O)N(CCOc3cccc4ccccc34)C2=O)cc(I)c1OCC(=O)Nc1cccc(C)c1. The van der Waals surface area contributed by atoms with E-state index in [0.29, 0.717) is 37.0 Å². The number of rotatable bonds is 10. The van der Waals surface area contributed by atoms with Gasteiger partial charge in [0.1, 0.15) is 12.4 Å². The number of amides is 3. The quantitative estimate of drug-likeness (QED) is 0.143. The highest BCUT2D eigenvalue weighted by molar-refractivity contribution is 14.1. The number of halogens is 1. The predicted molar refractivity (Wildman–Crippen MR) is 173 cm³/mol. The van der Waals surface area contributed by atoms with E-state index in [1.807, 2.05) is 73.7 Å². The lowest BCUT2D eigenvalue weighted by atomic mass is 10.1. The molecule has 0 aromatic heterocycles. The first-order valence-corrected chi connectivity index (χ1v) is 14.9. The topological polar surface area (TPSA) is 94.2 Å². The Balaban J connectivity index is 1.22. The average Bonchev–Trinajstić information content (AvgIpc) is 3.23. The number of thioether (sulfide) groups is 1. The number of aryl methyl sites for hydroxylation is 1. The van der Waals surface area contributed by atoms with Crippen LogP contribution in [0.4, 0.5) is 10.5 Å². The van der Waals surface area contributed by atoms with Gasteiger partial charge in [0.2, 0.25) is 0 Å². The lowest BCUT2D eigenvalue weighted by Gasteiger charge is -2.14. The van der Waals surface area contributed by atoms with Crippen LogP contribution in [-0.2, 0) is 9.59 Å². The van der Waals surface area contributed by atoms with E-state index in [4.69, 9.17) is 14.2 Å². The van der Waals surface area contributed by atoms with Gasteiger partial charge < -0.3 is 19.5 Å². The van der Waals surface area contributed by atoms with Crippen molar-refractivity contribution in [2.45, 2.75) is 6.92 Å². The monoisotopic (exact) mass is 694 g/mol. The van der Waals surface area contributed by atoms with Gasteiger partial charge >= 0.3 is 0 Å². The molecule has 0 saturated carbocycles. The Kier molecular flexibility index (Phi) is 9.33. The number of carbonyl (C=O) groups excluding carboxylic acids is 3. The molecule has 3 amide bonds. The molecule has 4 aromatic carbocycles. The number of anilines is 1. The number of hydrogen-bond donors (Lipinski definition) is 1. The highest BCUT2D eigenvalue weighted by Gasteiger charge is 2.35. The molecule has 5 rings (SSSR count). The van der Waals surface area contributed by atoms with Crippen LogP contribution in [0.5, 0.6) is 17.2 Å². The Morgan fingerprint density at radius 1 is 0.976 bits per heavy atom. The van der Waals surface area contributed by atoms with Gasteiger partial charge in [-0.05, 0) is 94.2 Å². The third-order valence-electron chi connectivity index (χ3n) is 6.39. The van der Waals surface area contributed by atoms with Crippen molar-refractivity contribution in [1.29, 1.82) is 0 Å². The van der Waals surface area contributed by atoms with E-state index >= 15 is 0 Å². The minimum absolute atomic E-state index is 0.128. The summed E-state index contributed by atoms with van der Waals surface area (Å²) >= 11 is 2.97. The maximum absolute atomic E-state index is 13.1. The van der Waals surface area contributed by atoms with Crippen LogP contribution in [0.1, 0.15) is 11.1 Å². The van der Waals surface area contributed by atoms with Crippen molar-refractivity contribution in [2.24, 2.45) is 0 Å². The first-order valence-electron chi connectivity index (χ1n) is 13.0. The Morgan fingerprint density at radius 2 is 1.76 bits per heavy atom. The van der Waals surface area contributed by atoms with Crippen LogP contribution in [0.3, 0.4) is 0 Å². The number of nitrogens with zero attached hydrogens (tertiary/aromatic N) is 1. The first kappa shape index (κ1) is 29.5. The van der Waals surface area contributed by atoms with Crippen LogP contribution in [0, 0.1) is 10.5 Å². The van der Waals surface area contributed by atoms with Crippen molar-refractivity contribution in [3.8, 4) is 17.2 Å². The second-order valence-corrected chi connectivity index (χ2v) is 11.6. The molecular weight excluding hydrogens is 667 g/mol. The predicted octanol–water partition coefficient (Wildman–Crippen LogP) is 6.89. The molecule has 42 heavy (non-hydrogen) atoms. The highest BCUT2D eigenvalue weighted by Crippen LogP contribution is 2.37. The van der Waals surface area contributed by atoms with Gasteiger partial charge in [-0.1, -0.05) is 48.5 Å². The number of fused-ring (bicyclic) bond motifs is 1. The minimum Gasteiger partial charge on any atom is -0.493 e. The number of ether oxygens (including phenoxy) is 3. The van der Waals surface area contributed by atoms with Crippen molar-refractivity contribution < 1.29 is 28.6 Å². The van der Waals surface area contributed by atoms with Gasteiger partial charge in [-0.3, -0.25) is 19.3 Å². The summed E-state index contributed by atoms with van der Waals surface area (Å²) in [4.78, 5) is 39.7. The van der Waals surface area contributed by atoms with Crippen LogP contribution in [-0.4, -0.2) is 48.8 Å². The fourth-order valence-electron chi connectivity index (χ4n) is 4.43. The van der Waals surface area contributed by atoms with E-state index in [0.717, 1.165) is 28.1 Å². The number of imide groups is 1. The van der Waals surface area contributed by atoms with Gasteiger partial charge in [0.25, 0.3) is 17.1 Å². The molecule has 0 aliphatic carbocycles. The smallest absolute Gasteiger partial charge is 0.293 e. The van der Waals surface area contributed by atoms with Gasteiger partial charge in [-0.15, -0.1) is 0 Å². The van der Waals surface area contributed by atoms with E-state index in [1.54, 1.807) is 18.2 Å². The molecule has 214 valence electrons. The van der Waals surface area contributed by atoms with Crippen molar-refractivity contribution in [2.75, 3.05) is 32.2 Å². The van der Waals surface area contributed by atoms with Crippen molar-refractivity contribution in [3.05, 3.63) is 98.5 Å². The summed E-state index contributed by atoms with van der Waals surface area (Å²) in [6.07, 6.45) is 1.65. The zero-order valence-corrected chi connectivity index (χ0v) is 25.9. The summed E-state index contributed by atoms with van der Waals surface area (Å²) in [6.45, 7) is 2.04. The Bertz CT molecular complexity index is 1700. The molecule has 1 saturated heterocycles. The molecule has 10 heteroatoms. The summed E-state index contributed by atoms with van der Waals surface area (Å²) in [5.74, 6) is 0.828. The molecule has 0 spiro atoms. The zero-order valence-electron chi connectivity index (χ0n) is 22.9. The van der Waals surface area contributed by atoms with Gasteiger partial charge in [-0.2, -0.15) is 0 Å².